The molecule has 0 bridgehead atoms. The van der Waals surface area contributed by atoms with E-state index in [2.05, 4.69) is 5.10 Å². The highest BCUT2D eigenvalue weighted by molar-refractivity contribution is 6.30. The van der Waals surface area contributed by atoms with Gasteiger partial charge in [-0.1, -0.05) is 29.8 Å². The molecule has 0 radical (unpaired) electrons. The molecule has 0 unspecified atom stereocenters. The summed E-state index contributed by atoms with van der Waals surface area (Å²) < 4.78 is 12.2. The summed E-state index contributed by atoms with van der Waals surface area (Å²) in [5.41, 5.74) is 2.14. The van der Waals surface area contributed by atoms with Gasteiger partial charge in [-0.3, -0.25) is 4.84 Å². The molecule has 0 fully saturated rings. The summed E-state index contributed by atoms with van der Waals surface area (Å²) in [6.07, 6.45) is 1.16. The summed E-state index contributed by atoms with van der Waals surface area (Å²) in [5.74, 6) is 0.446. The van der Waals surface area contributed by atoms with Crippen LogP contribution in [0, 0.1) is 0 Å². The molecule has 7 nitrogen and oxygen atoms in total. The first-order valence-electron chi connectivity index (χ1n) is 8.07. The number of aromatic nitrogens is 2. The summed E-state index contributed by atoms with van der Waals surface area (Å²) in [6, 6.07) is 16.3. The highest BCUT2D eigenvalue weighted by atomic mass is 35.5. The molecule has 1 heterocycles. The van der Waals surface area contributed by atoms with Gasteiger partial charge >= 0.3 is 6.09 Å². The first-order valence-corrected chi connectivity index (χ1v) is 8.44. The number of methoxy groups -OCH3 is 1. The van der Waals surface area contributed by atoms with Gasteiger partial charge in [-0.15, -0.1) is 5.10 Å². The monoisotopic (exact) mass is 393 g/mol. The Balaban J connectivity index is 1.74. The maximum atomic E-state index is 11.9. The van der Waals surface area contributed by atoms with E-state index in [1.807, 2.05) is 24.3 Å². The number of halogens is 1. The highest BCUT2D eigenvalue weighted by Gasteiger charge is 2.19. The molecule has 0 aliphatic carbocycles. The van der Waals surface area contributed by atoms with E-state index in [-0.39, 0.29) is 6.61 Å². The summed E-state index contributed by atoms with van der Waals surface area (Å²) in [4.78, 5) is 17.0. The number of benzene rings is 2. The zero-order valence-electron chi connectivity index (χ0n) is 14.8. The highest BCUT2D eigenvalue weighted by Crippen LogP contribution is 2.23. The first kappa shape index (κ1) is 18.8. The molecule has 140 valence electrons. The number of hydrogen-bond acceptors (Lipinski definition) is 5. The Morgan fingerprint density at radius 2 is 1.85 bits per heavy atom. The summed E-state index contributed by atoms with van der Waals surface area (Å²) in [7, 11) is 2.68. The fraction of sp³-hybridized carbons (Fsp3) is 0.158. The van der Waals surface area contributed by atoms with E-state index in [1.54, 1.807) is 41.2 Å². The van der Waals surface area contributed by atoms with Crippen LogP contribution in [0.15, 0.2) is 60.8 Å². The molecular formula is C19H18ClN3O4. The normalized spacial score (nSPS) is 10.5. The van der Waals surface area contributed by atoms with Crippen molar-refractivity contribution in [1.29, 1.82) is 0 Å². The number of rotatable bonds is 6. The predicted molar refractivity (Wildman–Crippen MR) is 101 cm³/mol. The van der Waals surface area contributed by atoms with Crippen LogP contribution in [-0.2, 0) is 16.2 Å². The van der Waals surface area contributed by atoms with E-state index in [0.29, 0.717) is 16.6 Å². The Morgan fingerprint density at radius 3 is 2.56 bits per heavy atom. The summed E-state index contributed by atoms with van der Waals surface area (Å²) >= 11 is 5.91. The molecule has 0 saturated heterocycles. The number of para-hydroxylation sites is 1. The number of amides is 1. The van der Waals surface area contributed by atoms with Crippen LogP contribution in [-0.4, -0.2) is 30.1 Å². The minimum absolute atomic E-state index is 0.199. The van der Waals surface area contributed by atoms with Gasteiger partial charge in [-0.05, 0) is 30.3 Å². The molecule has 0 aliphatic heterocycles. The Hall–Kier alpha value is -3.03. The molecule has 0 atom stereocenters. The second-order valence-corrected chi connectivity index (χ2v) is 5.88. The van der Waals surface area contributed by atoms with Gasteiger partial charge in [-0.2, -0.15) is 5.06 Å². The topological polar surface area (TPSA) is 65.8 Å². The van der Waals surface area contributed by atoms with Gasteiger partial charge in [-0.25, -0.2) is 9.48 Å². The third-order valence-corrected chi connectivity index (χ3v) is 4.02. The third-order valence-electron chi connectivity index (χ3n) is 3.76. The van der Waals surface area contributed by atoms with Gasteiger partial charge in [0.05, 0.1) is 25.6 Å². The number of carbonyl (C=O) groups is 1. The molecule has 2 aromatic carbocycles. The van der Waals surface area contributed by atoms with Gasteiger partial charge in [0, 0.05) is 22.8 Å². The Labute approximate surface area is 161 Å². The van der Waals surface area contributed by atoms with E-state index >= 15 is 0 Å². The standard InChI is InChI=1S/C19H18ClN3O4/c1-25-19(24)23(26-2)17-6-4-3-5-14(17)13-27-18-11-12-22(21-18)16-9-7-15(20)8-10-16/h3-12H,13H2,1-2H3/i7+1,8+1,9+1,10+1,15+1,16+1. The van der Waals surface area contributed by atoms with E-state index in [0.717, 1.165) is 16.3 Å². The summed E-state index contributed by atoms with van der Waals surface area (Å²) in [5, 5.41) is 6.11. The Morgan fingerprint density at radius 1 is 1.11 bits per heavy atom. The van der Waals surface area contributed by atoms with Crippen LogP contribution in [0.2, 0.25) is 5.02 Å². The predicted octanol–water partition coefficient (Wildman–Crippen LogP) is 4.24. The fourth-order valence-corrected chi connectivity index (χ4v) is 2.58. The second-order valence-electron chi connectivity index (χ2n) is 5.44. The minimum atomic E-state index is -0.628. The molecule has 3 aromatic rings. The molecule has 3 rings (SSSR count). The van der Waals surface area contributed by atoms with Crippen LogP contribution in [0.5, 0.6) is 5.88 Å². The van der Waals surface area contributed by atoms with Gasteiger partial charge in [0.25, 0.3) is 0 Å². The lowest BCUT2D eigenvalue weighted by Crippen LogP contribution is -2.30. The smallest absolute Gasteiger partial charge is 0.438 e. The van der Waals surface area contributed by atoms with Crippen molar-refractivity contribution in [2.24, 2.45) is 0 Å². The van der Waals surface area contributed by atoms with Crippen molar-refractivity contribution < 1.29 is 19.1 Å². The van der Waals surface area contributed by atoms with Crippen LogP contribution in [0.4, 0.5) is 10.5 Å². The molecule has 1 amide bonds. The molecular weight excluding hydrogens is 376 g/mol. The van der Waals surface area contributed by atoms with Crippen molar-refractivity contribution in [1.82, 2.24) is 9.78 Å². The minimum Gasteiger partial charge on any atom is -0.472 e. The van der Waals surface area contributed by atoms with Crippen molar-refractivity contribution in [3.8, 4) is 11.6 Å². The second kappa shape index (κ2) is 8.57. The summed E-state index contributed by atoms with van der Waals surface area (Å²) in [6.45, 7) is 0.199. The van der Waals surface area contributed by atoms with Gasteiger partial charge < -0.3 is 9.47 Å². The lowest BCUT2D eigenvalue weighted by atomic mass is 10.2. The quantitative estimate of drug-likeness (QED) is 0.586. The van der Waals surface area contributed by atoms with Gasteiger partial charge in [0.2, 0.25) is 5.88 Å². The zero-order chi connectivity index (χ0) is 19.2. The number of anilines is 1. The van der Waals surface area contributed by atoms with Gasteiger partial charge in [0.1, 0.15) is 6.61 Å². The molecule has 0 N–H and O–H groups in total. The maximum absolute atomic E-state index is 11.9. The number of carbonyl (C=O) groups excluding carboxylic acids is 1. The molecule has 8 heteroatoms. The first-order chi connectivity index (χ1) is 13.1. The van der Waals surface area contributed by atoms with Crippen molar-refractivity contribution in [2.75, 3.05) is 19.3 Å². The van der Waals surface area contributed by atoms with Crippen molar-refractivity contribution in [3.63, 3.8) is 0 Å². The van der Waals surface area contributed by atoms with Crippen LogP contribution >= 0.6 is 11.6 Å². The van der Waals surface area contributed by atoms with E-state index in [1.165, 1.54) is 14.2 Å². The van der Waals surface area contributed by atoms with Crippen LogP contribution < -0.4 is 9.80 Å². The van der Waals surface area contributed by atoms with Crippen LogP contribution in [0.1, 0.15) is 5.56 Å². The SMILES string of the molecule is COC(=O)N(OC)c1ccccc1COc1ccn(-[13c]2[13cH][13cH][13c](Cl)[13cH][13cH]2)n1. The number of hydrogen-bond donors (Lipinski definition) is 0. The van der Waals surface area contributed by atoms with Crippen LogP contribution in [0.3, 0.4) is 0 Å². The van der Waals surface area contributed by atoms with Gasteiger partial charge in [0.15, 0.2) is 0 Å². The number of hydroxylamine groups is 1. The molecule has 27 heavy (non-hydrogen) atoms. The lowest BCUT2D eigenvalue weighted by molar-refractivity contribution is 0.115. The Bertz CT molecular complexity index is 911. The van der Waals surface area contributed by atoms with Crippen molar-refractivity contribution in [3.05, 3.63) is 71.4 Å². The molecule has 0 spiro atoms. The maximum Gasteiger partial charge on any atom is 0.438 e. The zero-order valence-corrected chi connectivity index (χ0v) is 15.6. The number of nitrogens with zero attached hydrogens (tertiary/aromatic N) is 3. The molecule has 0 aliphatic rings. The largest absolute Gasteiger partial charge is 0.472 e. The van der Waals surface area contributed by atoms with E-state index < -0.39 is 6.09 Å². The fourth-order valence-electron chi connectivity index (χ4n) is 2.46. The van der Waals surface area contributed by atoms with Crippen molar-refractivity contribution >= 4 is 23.4 Å². The molecule has 1 aromatic heterocycles. The average Bonchev–Trinajstić information content (AvgIpc) is 3.17. The van der Waals surface area contributed by atoms with E-state index in [4.69, 9.17) is 25.9 Å². The molecule has 0 saturated carbocycles. The van der Waals surface area contributed by atoms with E-state index in [9.17, 15) is 4.79 Å². The lowest BCUT2D eigenvalue weighted by Gasteiger charge is -2.20. The Kier molecular flexibility index (Phi) is 5.95. The van der Waals surface area contributed by atoms with Crippen LogP contribution in [0.25, 0.3) is 5.69 Å². The van der Waals surface area contributed by atoms with Crippen molar-refractivity contribution in [2.45, 2.75) is 6.61 Å². The average molecular weight is 394 g/mol. The third kappa shape index (κ3) is 4.39. The number of ether oxygens (including phenoxy) is 2.